The van der Waals surface area contributed by atoms with Crippen molar-refractivity contribution in [1.29, 1.82) is 0 Å². The molecule has 22 heavy (non-hydrogen) atoms. The lowest BCUT2D eigenvalue weighted by molar-refractivity contribution is -0.120. The SMILES string of the molecule is CC1=C(C(=O)Nc2cccc(C)c2)C2=NN=C(N)C2C(=O)N1. The Morgan fingerprint density at radius 2 is 2.09 bits per heavy atom. The van der Waals surface area contributed by atoms with E-state index in [1.165, 1.54) is 0 Å². The van der Waals surface area contributed by atoms with Crippen molar-refractivity contribution in [3.05, 3.63) is 41.1 Å². The zero-order valence-corrected chi connectivity index (χ0v) is 12.2. The summed E-state index contributed by atoms with van der Waals surface area (Å²) in [6.45, 7) is 3.59. The first-order valence-electron chi connectivity index (χ1n) is 6.78. The van der Waals surface area contributed by atoms with Crippen LogP contribution in [0, 0.1) is 12.8 Å². The summed E-state index contributed by atoms with van der Waals surface area (Å²) >= 11 is 0. The van der Waals surface area contributed by atoms with Gasteiger partial charge >= 0.3 is 0 Å². The Morgan fingerprint density at radius 3 is 2.82 bits per heavy atom. The minimum absolute atomic E-state index is 0.0980. The Labute approximate surface area is 127 Å². The number of nitrogens with one attached hydrogen (secondary N) is 2. The number of allylic oxidation sites excluding steroid dienone is 1. The number of amides is 2. The number of carbonyl (C=O) groups excluding carboxylic acids is 2. The maximum absolute atomic E-state index is 12.6. The van der Waals surface area contributed by atoms with Crippen LogP contribution in [-0.4, -0.2) is 23.4 Å². The number of nitrogens with two attached hydrogens (primary N) is 1. The summed E-state index contributed by atoms with van der Waals surface area (Å²) in [5.41, 5.74) is 8.42. The Bertz CT molecular complexity index is 776. The van der Waals surface area contributed by atoms with Crippen molar-refractivity contribution in [3.8, 4) is 0 Å². The first-order valence-corrected chi connectivity index (χ1v) is 6.78. The fourth-order valence-corrected chi connectivity index (χ4v) is 2.53. The normalized spacial score (nSPS) is 20.1. The van der Waals surface area contributed by atoms with Crippen LogP contribution in [-0.2, 0) is 9.59 Å². The smallest absolute Gasteiger partial charge is 0.259 e. The molecule has 0 fully saturated rings. The Kier molecular flexibility index (Phi) is 3.25. The van der Waals surface area contributed by atoms with Gasteiger partial charge in [-0.15, -0.1) is 5.10 Å². The predicted molar refractivity (Wildman–Crippen MR) is 83.2 cm³/mol. The summed E-state index contributed by atoms with van der Waals surface area (Å²) in [6.07, 6.45) is 0. The molecule has 0 radical (unpaired) electrons. The molecule has 1 aromatic rings. The van der Waals surface area contributed by atoms with Gasteiger partial charge in [-0.05, 0) is 31.5 Å². The molecule has 2 heterocycles. The third-order valence-electron chi connectivity index (χ3n) is 3.55. The number of anilines is 1. The average Bonchev–Trinajstić information content (AvgIpc) is 2.81. The lowest BCUT2D eigenvalue weighted by atomic mass is 9.90. The van der Waals surface area contributed by atoms with E-state index in [2.05, 4.69) is 20.8 Å². The van der Waals surface area contributed by atoms with Gasteiger partial charge in [0.1, 0.15) is 11.8 Å². The molecule has 112 valence electrons. The van der Waals surface area contributed by atoms with Gasteiger partial charge in [0, 0.05) is 11.4 Å². The highest BCUT2D eigenvalue weighted by atomic mass is 16.2. The molecule has 1 atom stereocenters. The summed E-state index contributed by atoms with van der Waals surface area (Å²) in [6, 6.07) is 7.44. The summed E-state index contributed by atoms with van der Waals surface area (Å²) < 4.78 is 0. The highest BCUT2D eigenvalue weighted by molar-refractivity contribution is 6.38. The standard InChI is InChI=1S/C15H15N5O2/c1-7-4-3-5-9(6-7)18-14(21)10-8(2)17-15(22)11-12(10)19-20-13(11)16/h3-6,11H,1-2H3,(H2,16,20)(H,17,22)(H,18,21). The van der Waals surface area contributed by atoms with Crippen LogP contribution in [0.4, 0.5) is 5.69 Å². The van der Waals surface area contributed by atoms with Gasteiger partial charge in [0.2, 0.25) is 5.91 Å². The molecule has 0 spiro atoms. The van der Waals surface area contributed by atoms with E-state index in [4.69, 9.17) is 5.73 Å². The van der Waals surface area contributed by atoms with Crippen LogP contribution in [0.5, 0.6) is 0 Å². The van der Waals surface area contributed by atoms with Gasteiger partial charge in [0.25, 0.3) is 5.91 Å². The van der Waals surface area contributed by atoms with E-state index in [9.17, 15) is 9.59 Å². The number of carbonyl (C=O) groups is 2. The minimum atomic E-state index is -0.790. The second-order valence-electron chi connectivity index (χ2n) is 5.26. The molecule has 2 amide bonds. The Balaban J connectivity index is 1.92. The third-order valence-corrected chi connectivity index (χ3v) is 3.55. The molecule has 0 saturated carbocycles. The largest absolute Gasteiger partial charge is 0.385 e. The number of hydrogen-bond donors (Lipinski definition) is 3. The van der Waals surface area contributed by atoms with Gasteiger partial charge in [-0.3, -0.25) is 9.59 Å². The monoisotopic (exact) mass is 297 g/mol. The fourth-order valence-electron chi connectivity index (χ4n) is 2.53. The zero-order valence-electron chi connectivity index (χ0n) is 12.2. The van der Waals surface area contributed by atoms with Crippen LogP contribution in [0.15, 0.2) is 45.7 Å². The first-order chi connectivity index (χ1) is 10.5. The second kappa shape index (κ2) is 5.10. The maximum atomic E-state index is 12.6. The lowest BCUT2D eigenvalue weighted by Crippen LogP contribution is -2.47. The highest BCUT2D eigenvalue weighted by Crippen LogP contribution is 2.24. The molecule has 0 aliphatic carbocycles. The number of fused-ring (bicyclic) bond motifs is 1. The number of aryl methyl sites for hydroxylation is 1. The van der Waals surface area contributed by atoms with Crippen LogP contribution >= 0.6 is 0 Å². The van der Waals surface area contributed by atoms with Crippen molar-refractivity contribution in [2.24, 2.45) is 21.9 Å². The molecule has 1 unspecified atom stereocenters. The second-order valence-corrected chi connectivity index (χ2v) is 5.26. The molecule has 4 N–H and O–H groups in total. The van der Waals surface area contributed by atoms with E-state index in [1.807, 2.05) is 25.1 Å². The van der Waals surface area contributed by atoms with Crippen LogP contribution in [0.3, 0.4) is 0 Å². The molecule has 0 saturated heterocycles. The molecule has 0 aromatic heterocycles. The number of hydrogen-bond acceptors (Lipinski definition) is 5. The van der Waals surface area contributed by atoms with Crippen LogP contribution < -0.4 is 16.4 Å². The van der Waals surface area contributed by atoms with Gasteiger partial charge in [0.15, 0.2) is 0 Å². The summed E-state index contributed by atoms with van der Waals surface area (Å²) in [5.74, 6) is -1.36. The quantitative estimate of drug-likeness (QED) is 0.746. The van der Waals surface area contributed by atoms with Gasteiger partial charge in [-0.2, -0.15) is 5.10 Å². The zero-order chi connectivity index (χ0) is 15.9. The van der Waals surface area contributed by atoms with Crippen molar-refractivity contribution in [2.45, 2.75) is 13.8 Å². The van der Waals surface area contributed by atoms with Crippen molar-refractivity contribution >= 4 is 29.0 Å². The van der Waals surface area contributed by atoms with Crippen LogP contribution in [0.1, 0.15) is 12.5 Å². The lowest BCUT2D eigenvalue weighted by Gasteiger charge is -2.23. The number of rotatable bonds is 2. The van der Waals surface area contributed by atoms with Gasteiger partial charge in [-0.1, -0.05) is 12.1 Å². The van der Waals surface area contributed by atoms with E-state index >= 15 is 0 Å². The molecule has 7 nitrogen and oxygen atoms in total. The van der Waals surface area contributed by atoms with Crippen molar-refractivity contribution in [2.75, 3.05) is 5.32 Å². The molecule has 7 heteroatoms. The first kappa shape index (κ1) is 14.0. The van der Waals surface area contributed by atoms with E-state index < -0.39 is 5.92 Å². The number of amidine groups is 1. The maximum Gasteiger partial charge on any atom is 0.259 e. The molecule has 2 aliphatic heterocycles. The third kappa shape index (κ3) is 2.26. The van der Waals surface area contributed by atoms with Gasteiger partial charge in [-0.25, -0.2) is 0 Å². The van der Waals surface area contributed by atoms with Crippen molar-refractivity contribution in [3.63, 3.8) is 0 Å². The van der Waals surface area contributed by atoms with E-state index in [0.29, 0.717) is 22.7 Å². The van der Waals surface area contributed by atoms with E-state index in [0.717, 1.165) is 5.56 Å². The highest BCUT2D eigenvalue weighted by Gasteiger charge is 2.41. The molecule has 2 aliphatic rings. The van der Waals surface area contributed by atoms with Gasteiger partial charge < -0.3 is 16.4 Å². The molecular weight excluding hydrogens is 282 g/mol. The summed E-state index contributed by atoms with van der Waals surface area (Å²) in [4.78, 5) is 24.5. The van der Waals surface area contributed by atoms with Crippen molar-refractivity contribution < 1.29 is 9.59 Å². The van der Waals surface area contributed by atoms with E-state index in [1.54, 1.807) is 13.0 Å². The topological polar surface area (TPSA) is 109 Å². The Hall–Kier alpha value is -2.96. The molecule has 1 aromatic carbocycles. The number of benzene rings is 1. The number of nitrogens with zero attached hydrogens (tertiary/aromatic N) is 2. The average molecular weight is 297 g/mol. The summed E-state index contributed by atoms with van der Waals surface area (Å²) in [7, 11) is 0. The Morgan fingerprint density at radius 1 is 1.32 bits per heavy atom. The van der Waals surface area contributed by atoms with Crippen LogP contribution in [0.25, 0.3) is 0 Å². The molecular formula is C15H15N5O2. The van der Waals surface area contributed by atoms with Crippen LogP contribution in [0.2, 0.25) is 0 Å². The van der Waals surface area contributed by atoms with Gasteiger partial charge in [0.05, 0.1) is 11.3 Å². The van der Waals surface area contributed by atoms with E-state index in [-0.39, 0.29) is 17.6 Å². The molecule has 3 rings (SSSR count). The van der Waals surface area contributed by atoms with Crippen molar-refractivity contribution in [1.82, 2.24) is 5.32 Å². The molecule has 0 bridgehead atoms. The summed E-state index contributed by atoms with van der Waals surface area (Å²) in [5, 5.41) is 13.1. The fraction of sp³-hybridized carbons (Fsp3) is 0.200. The minimum Gasteiger partial charge on any atom is -0.385 e. The predicted octanol–water partition coefficient (Wildman–Crippen LogP) is 0.680.